The molecule has 0 aliphatic rings. The zero-order valence-corrected chi connectivity index (χ0v) is 13.4. The van der Waals surface area contributed by atoms with Crippen LogP contribution in [0.15, 0.2) is 18.2 Å². The molecule has 0 aromatic heterocycles. The van der Waals surface area contributed by atoms with Crippen LogP contribution in [0.4, 0.5) is 0 Å². The molecule has 4 nitrogen and oxygen atoms in total. The van der Waals surface area contributed by atoms with Crippen LogP contribution in [0, 0.1) is 0 Å². The topological polar surface area (TPSA) is 50.7 Å². The second kappa shape index (κ2) is 6.95. The van der Waals surface area contributed by atoms with Gasteiger partial charge in [-0.05, 0) is 52.3 Å². The number of benzene rings is 1. The Hall–Kier alpha value is -1.26. The lowest BCUT2D eigenvalue weighted by Gasteiger charge is -2.22. The second-order valence-electron chi connectivity index (χ2n) is 6.15. The van der Waals surface area contributed by atoms with E-state index in [1.807, 2.05) is 25.1 Å². The Labute approximate surface area is 122 Å². The fourth-order valence-electron chi connectivity index (χ4n) is 1.59. The Kier molecular flexibility index (Phi) is 5.84. The van der Waals surface area contributed by atoms with E-state index in [2.05, 4.69) is 26.1 Å². The van der Waals surface area contributed by atoms with E-state index in [0.717, 1.165) is 12.1 Å². The van der Waals surface area contributed by atoms with Crippen molar-refractivity contribution < 1.29 is 14.6 Å². The van der Waals surface area contributed by atoms with E-state index in [-0.39, 0.29) is 11.6 Å². The largest absolute Gasteiger partial charge is 0.493 e. The molecule has 0 amide bonds. The molecule has 0 saturated heterocycles. The summed E-state index contributed by atoms with van der Waals surface area (Å²) < 4.78 is 11.1. The van der Waals surface area contributed by atoms with Gasteiger partial charge in [-0.15, -0.1) is 0 Å². The maximum absolute atomic E-state index is 9.55. The standard InChI is InChI=1S/C16H27NO3/c1-11(18)12(2)20-15-9-13(7-8-14(15)19-6)10-17-16(3,4)5/h7-9,11-12,17-18H,10H2,1-6H3. The van der Waals surface area contributed by atoms with E-state index in [9.17, 15) is 5.11 Å². The fourth-order valence-corrected chi connectivity index (χ4v) is 1.59. The van der Waals surface area contributed by atoms with E-state index in [1.54, 1.807) is 14.0 Å². The number of rotatable bonds is 6. The van der Waals surface area contributed by atoms with Crippen molar-refractivity contribution in [3.05, 3.63) is 23.8 Å². The molecule has 1 aromatic rings. The summed E-state index contributed by atoms with van der Waals surface area (Å²) in [6.07, 6.45) is -0.814. The van der Waals surface area contributed by atoms with Gasteiger partial charge in [0, 0.05) is 12.1 Å². The Morgan fingerprint density at radius 1 is 1.20 bits per heavy atom. The predicted octanol–water partition coefficient (Wildman–Crippen LogP) is 2.73. The van der Waals surface area contributed by atoms with Gasteiger partial charge in [0.05, 0.1) is 13.2 Å². The third-order valence-electron chi connectivity index (χ3n) is 3.04. The van der Waals surface area contributed by atoms with Gasteiger partial charge in [0.25, 0.3) is 0 Å². The van der Waals surface area contributed by atoms with Crippen LogP contribution in [0.1, 0.15) is 40.2 Å². The molecule has 0 aliphatic heterocycles. The first kappa shape index (κ1) is 16.8. The number of nitrogens with one attached hydrogen (secondary N) is 1. The van der Waals surface area contributed by atoms with Crippen LogP contribution in [0.5, 0.6) is 11.5 Å². The van der Waals surface area contributed by atoms with Gasteiger partial charge in [-0.2, -0.15) is 0 Å². The van der Waals surface area contributed by atoms with Crippen molar-refractivity contribution in [1.82, 2.24) is 5.32 Å². The minimum absolute atomic E-state index is 0.0633. The van der Waals surface area contributed by atoms with E-state index >= 15 is 0 Å². The minimum atomic E-state index is -0.531. The molecular weight excluding hydrogens is 254 g/mol. The lowest BCUT2D eigenvalue weighted by atomic mass is 10.1. The SMILES string of the molecule is COc1ccc(CNC(C)(C)C)cc1OC(C)C(C)O. The molecule has 0 saturated carbocycles. The van der Waals surface area contributed by atoms with Crippen LogP contribution >= 0.6 is 0 Å². The van der Waals surface area contributed by atoms with E-state index in [1.165, 1.54) is 0 Å². The molecule has 0 spiro atoms. The summed E-state index contributed by atoms with van der Waals surface area (Å²) in [5.41, 5.74) is 1.18. The number of ether oxygens (including phenoxy) is 2. The first-order valence-corrected chi connectivity index (χ1v) is 6.99. The average Bonchev–Trinajstić information content (AvgIpc) is 2.35. The summed E-state index contributed by atoms with van der Waals surface area (Å²) in [4.78, 5) is 0. The van der Waals surface area contributed by atoms with Crippen molar-refractivity contribution in [1.29, 1.82) is 0 Å². The zero-order chi connectivity index (χ0) is 15.3. The molecule has 0 bridgehead atoms. The van der Waals surface area contributed by atoms with Crippen molar-refractivity contribution >= 4 is 0 Å². The number of methoxy groups -OCH3 is 1. The third-order valence-corrected chi connectivity index (χ3v) is 3.04. The average molecular weight is 281 g/mol. The zero-order valence-electron chi connectivity index (χ0n) is 13.4. The molecule has 0 fully saturated rings. The van der Waals surface area contributed by atoms with Gasteiger partial charge in [0.15, 0.2) is 11.5 Å². The lowest BCUT2D eigenvalue weighted by Crippen LogP contribution is -2.35. The number of aliphatic hydroxyl groups is 1. The Morgan fingerprint density at radius 2 is 1.85 bits per heavy atom. The minimum Gasteiger partial charge on any atom is -0.493 e. The van der Waals surface area contributed by atoms with Crippen LogP contribution in [0.2, 0.25) is 0 Å². The fraction of sp³-hybridized carbons (Fsp3) is 0.625. The van der Waals surface area contributed by atoms with E-state index < -0.39 is 6.10 Å². The second-order valence-corrected chi connectivity index (χ2v) is 6.15. The normalized spacial score (nSPS) is 14.8. The molecule has 0 heterocycles. The van der Waals surface area contributed by atoms with E-state index in [4.69, 9.17) is 9.47 Å². The molecular formula is C16H27NO3. The van der Waals surface area contributed by atoms with Gasteiger partial charge in [-0.3, -0.25) is 0 Å². The molecule has 1 aromatic carbocycles. The first-order valence-electron chi connectivity index (χ1n) is 6.99. The van der Waals surface area contributed by atoms with Crippen molar-refractivity contribution in [2.24, 2.45) is 0 Å². The summed E-state index contributed by atoms with van der Waals surface area (Å²) in [6.45, 7) is 10.7. The summed E-state index contributed by atoms with van der Waals surface area (Å²) in [6, 6.07) is 5.86. The van der Waals surface area contributed by atoms with Crippen LogP contribution in [0.3, 0.4) is 0 Å². The summed E-state index contributed by atoms with van der Waals surface area (Å²) in [5.74, 6) is 1.34. The molecule has 1 rings (SSSR count). The molecule has 2 atom stereocenters. The highest BCUT2D eigenvalue weighted by atomic mass is 16.5. The van der Waals surface area contributed by atoms with E-state index in [0.29, 0.717) is 11.5 Å². The van der Waals surface area contributed by atoms with Gasteiger partial charge in [0.1, 0.15) is 6.10 Å². The van der Waals surface area contributed by atoms with Crippen molar-refractivity contribution in [3.63, 3.8) is 0 Å². The molecule has 0 aliphatic carbocycles. The molecule has 2 unspecified atom stereocenters. The Balaban J connectivity index is 2.85. The summed E-state index contributed by atoms with van der Waals surface area (Å²) >= 11 is 0. The highest BCUT2D eigenvalue weighted by Crippen LogP contribution is 2.29. The Morgan fingerprint density at radius 3 is 2.35 bits per heavy atom. The molecule has 114 valence electrons. The van der Waals surface area contributed by atoms with Crippen molar-refractivity contribution in [2.75, 3.05) is 7.11 Å². The highest BCUT2D eigenvalue weighted by Gasteiger charge is 2.15. The van der Waals surface area contributed by atoms with Crippen LogP contribution < -0.4 is 14.8 Å². The van der Waals surface area contributed by atoms with Gasteiger partial charge >= 0.3 is 0 Å². The first-order chi connectivity index (χ1) is 9.23. The summed E-state index contributed by atoms with van der Waals surface area (Å²) in [5, 5.41) is 13.0. The smallest absolute Gasteiger partial charge is 0.162 e. The number of hydrogen-bond acceptors (Lipinski definition) is 4. The van der Waals surface area contributed by atoms with Crippen LogP contribution in [0.25, 0.3) is 0 Å². The van der Waals surface area contributed by atoms with Crippen LogP contribution in [-0.2, 0) is 6.54 Å². The molecule has 2 N–H and O–H groups in total. The Bertz CT molecular complexity index is 424. The van der Waals surface area contributed by atoms with Gasteiger partial charge < -0.3 is 19.9 Å². The van der Waals surface area contributed by atoms with Gasteiger partial charge in [0.2, 0.25) is 0 Å². The maximum Gasteiger partial charge on any atom is 0.162 e. The van der Waals surface area contributed by atoms with Gasteiger partial charge in [-0.1, -0.05) is 6.07 Å². The number of hydrogen-bond donors (Lipinski definition) is 2. The molecule has 4 heteroatoms. The summed E-state index contributed by atoms with van der Waals surface area (Å²) in [7, 11) is 1.61. The van der Waals surface area contributed by atoms with Crippen molar-refractivity contribution in [2.45, 2.75) is 58.9 Å². The quantitative estimate of drug-likeness (QED) is 0.842. The lowest BCUT2D eigenvalue weighted by molar-refractivity contribution is 0.0586. The number of aliphatic hydroxyl groups excluding tert-OH is 1. The van der Waals surface area contributed by atoms with Gasteiger partial charge in [-0.25, -0.2) is 0 Å². The third kappa shape index (κ3) is 5.39. The predicted molar refractivity (Wildman–Crippen MR) is 81.4 cm³/mol. The highest BCUT2D eigenvalue weighted by molar-refractivity contribution is 5.43. The maximum atomic E-state index is 9.55. The molecule has 0 radical (unpaired) electrons. The monoisotopic (exact) mass is 281 g/mol. The van der Waals surface area contributed by atoms with Crippen molar-refractivity contribution in [3.8, 4) is 11.5 Å². The van der Waals surface area contributed by atoms with Crippen LogP contribution in [-0.4, -0.2) is 30.0 Å². The molecule has 20 heavy (non-hydrogen) atoms.